The van der Waals surface area contributed by atoms with Gasteiger partial charge in [0, 0.05) is 57.0 Å². The van der Waals surface area contributed by atoms with E-state index in [1.54, 1.807) is 47.2 Å². The maximum absolute atomic E-state index is 13.1. The van der Waals surface area contributed by atoms with Crippen LogP contribution in [0.4, 0.5) is 11.4 Å². The quantitative estimate of drug-likeness (QED) is 0.474. The van der Waals surface area contributed by atoms with Crippen molar-refractivity contribution in [3.8, 4) is 11.5 Å². The van der Waals surface area contributed by atoms with Crippen LogP contribution in [0.3, 0.4) is 0 Å². The van der Waals surface area contributed by atoms with Gasteiger partial charge in [-0.1, -0.05) is 0 Å². The van der Waals surface area contributed by atoms with Gasteiger partial charge in [-0.3, -0.25) is 19.7 Å². The molecule has 2 aromatic carbocycles. The lowest BCUT2D eigenvalue weighted by Gasteiger charge is -2.35. The SMILES string of the molecule is COc1ccc(C(=O)N2CCN(C(=O)c3ccc(N4CCCC4)c([N+](=O)[O-])c3)CC2)c(OC)c1. The van der Waals surface area contributed by atoms with E-state index in [2.05, 4.69) is 0 Å². The molecule has 2 heterocycles. The van der Waals surface area contributed by atoms with Gasteiger partial charge in [0.25, 0.3) is 17.5 Å². The Bertz CT molecular complexity index is 1090. The number of anilines is 1. The predicted octanol–water partition coefficient (Wildman–Crippen LogP) is 2.81. The molecule has 34 heavy (non-hydrogen) atoms. The highest BCUT2D eigenvalue weighted by Crippen LogP contribution is 2.32. The molecule has 4 rings (SSSR count). The summed E-state index contributed by atoms with van der Waals surface area (Å²) in [4.78, 5) is 42.6. The Kier molecular flexibility index (Phi) is 6.85. The summed E-state index contributed by atoms with van der Waals surface area (Å²) in [6, 6.07) is 9.73. The minimum Gasteiger partial charge on any atom is -0.497 e. The number of carbonyl (C=O) groups is 2. The van der Waals surface area contributed by atoms with Crippen LogP contribution in [-0.2, 0) is 0 Å². The molecule has 0 bridgehead atoms. The number of nitrogens with zero attached hydrogens (tertiary/aromatic N) is 4. The number of piperazine rings is 1. The van der Waals surface area contributed by atoms with E-state index < -0.39 is 4.92 Å². The van der Waals surface area contributed by atoms with E-state index in [0.717, 1.165) is 25.9 Å². The van der Waals surface area contributed by atoms with Gasteiger partial charge < -0.3 is 24.2 Å². The van der Waals surface area contributed by atoms with Crippen molar-refractivity contribution in [2.75, 3.05) is 58.4 Å². The van der Waals surface area contributed by atoms with Crippen LogP contribution in [-0.4, -0.2) is 80.0 Å². The summed E-state index contributed by atoms with van der Waals surface area (Å²) in [5.41, 5.74) is 1.22. The van der Waals surface area contributed by atoms with Crippen molar-refractivity contribution in [3.05, 3.63) is 57.6 Å². The monoisotopic (exact) mass is 468 g/mol. The molecule has 0 radical (unpaired) electrons. The summed E-state index contributed by atoms with van der Waals surface area (Å²) in [5, 5.41) is 11.7. The molecule has 0 aliphatic carbocycles. The second kappa shape index (κ2) is 9.98. The molecule has 0 N–H and O–H groups in total. The summed E-state index contributed by atoms with van der Waals surface area (Å²) in [6.07, 6.45) is 2.01. The number of amides is 2. The lowest BCUT2D eigenvalue weighted by atomic mass is 10.1. The highest BCUT2D eigenvalue weighted by Gasteiger charge is 2.29. The van der Waals surface area contributed by atoms with Gasteiger partial charge in [-0.05, 0) is 37.1 Å². The molecule has 0 aromatic heterocycles. The lowest BCUT2D eigenvalue weighted by molar-refractivity contribution is -0.384. The summed E-state index contributed by atoms with van der Waals surface area (Å²) in [6.45, 7) is 2.95. The lowest BCUT2D eigenvalue weighted by Crippen LogP contribution is -2.50. The van der Waals surface area contributed by atoms with Crippen LogP contribution in [0.5, 0.6) is 11.5 Å². The maximum Gasteiger partial charge on any atom is 0.293 e. The van der Waals surface area contributed by atoms with E-state index in [9.17, 15) is 19.7 Å². The van der Waals surface area contributed by atoms with E-state index in [0.29, 0.717) is 48.9 Å². The van der Waals surface area contributed by atoms with Gasteiger partial charge in [0.15, 0.2) is 0 Å². The Morgan fingerprint density at radius 2 is 1.50 bits per heavy atom. The molecule has 2 aliphatic heterocycles. The van der Waals surface area contributed by atoms with Gasteiger partial charge in [-0.15, -0.1) is 0 Å². The van der Waals surface area contributed by atoms with E-state index in [-0.39, 0.29) is 23.1 Å². The van der Waals surface area contributed by atoms with Crippen LogP contribution in [0, 0.1) is 10.1 Å². The average molecular weight is 469 g/mol. The molecule has 0 unspecified atom stereocenters. The Labute approximate surface area is 197 Å². The number of ether oxygens (including phenoxy) is 2. The second-order valence-electron chi connectivity index (χ2n) is 8.31. The second-order valence-corrected chi connectivity index (χ2v) is 8.31. The third-order valence-electron chi connectivity index (χ3n) is 6.36. The number of rotatable bonds is 6. The molecule has 2 aromatic rings. The van der Waals surface area contributed by atoms with E-state index in [1.807, 2.05) is 4.90 Å². The van der Waals surface area contributed by atoms with Crippen molar-refractivity contribution in [3.63, 3.8) is 0 Å². The molecule has 0 atom stereocenters. The molecule has 0 spiro atoms. The summed E-state index contributed by atoms with van der Waals surface area (Å²) in [5.74, 6) is 0.560. The zero-order valence-electron chi connectivity index (χ0n) is 19.4. The molecule has 0 saturated carbocycles. The van der Waals surface area contributed by atoms with E-state index in [1.165, 1.54) is 13.2 Å². The van der Waals surface area contributed by atoms with Gasteiger partial charge in [0.05, 0.1) is 24.7 Å². The van der Waals surface area contributed by atoms with Crippen molar-refractivity contribution >= 4 is 23.2 Å². The molecule has 180 valence electrons. The Balaban J connectivity index is 1.44. The predicted molar refractivity (Wildman–Crippen MR) is 126 cm³/mol. The van der Waals surface area contributed by atoms with Crippen LogP contribution in [0.25, 0.3) is 0 Å². The van der Waals surface area contributed by atoms with Gasteiger partial charge >= 0.3 is 0 Å². The van der Waals surface area contributed by atoms with Crippen LogP contribution in [0.2, 0.25) is 0 Å². The summed E-state index contributed by atoms with van der Waals surface area (Å²) < 4.78 is 10.5. The first-order chi connectivity index (χ1) is 16.4. The highest BCUT2D eigenvalue weighted by molar-refractivity contribution is 5.98. The molecule has 2 aliphatic rings. The Morgan fingerprint density at radius 1 is 0.853 bits per heavy atom. The fourth-order valence-electron chi connectivity index (χ4n) is 4.47. The molecular formula is C24H28N4O6. The molecule has 2 saturated heterocycles. The number of hydrogen-bond acceptors (Lipinski definition) is 7. The van der Waals surface area contributed by atoms with Crippen LogP contribution in [0.15, 0.2) is 36.4 Å². The van der Waals surface area contributed by atoms with E-state index >= 15 is 0 Å². The van der Waals surface area contributed by atoms with Gasteiger partial charge in [0.2, 0.25) is 0 Å². The zero-order chi connectivity index (χ0) is 24.2. The maximum atomic E-state index is 13.1. The van der Waals surface area contributed by atoms with Gasteiger partial charge in [-0.25, -0.2) is 0 Å². The number of benzene rings is 2. The number of nitro groups is 1. The summed E-state index contributed by atoms with van der Waals surface area (Å²) in [7, 11) is 3.04. The number of carbonyl (C=O) groups excluding carboxylic acids is 2. The number of methoxy groups -OCH3 is 2. The normalized spacial score (nSPS) is 15.9. The first-order valence-corrected chi connectivity index (χ1v) is 11.3. The topological polar surface area (TPSA) is 105 Å². The standard InChI is InChI=1S/C24H28N4O6/c1-33-18-6-7-19(22(16-18)34-2)24(30)27-13-11-26(12-14-27)23(29)17-5-8-20(21(15-17)28(31)32)25-9-3-4-10-25/h5-8,15-16H,3-4,9-14H2,1-2H3. The van der Waals surface area contributed by atoms with Crippen molar-refractivity contribution in [1.29, 1.82) is 0 Å². The zero-order valence-corrected chi connectivity index (χ0v) is 19.4. The van der Waals surface area contributed by atoms with Crippen molar-refractivity contribution in [2.24, 2.45) is 0 Å². The molecule has 2 amide bonds. The Hall–Kier alpha value is -3.82. The molecular weight excluding hydrogens is 440 g/mol. The largest absolute Gasteiger partial charge is 0.497 e. The first-order valence-electron chi connectivity index (χ1n) is 11.3. The van der Waals surface area contributed by atoms with Gasteiger partial charge in [-0.2, -0.15) is 0 Å². The number of nitro benzene ring substituents is 1. The minimum absolute atomic E-state index is 0.0480. The van der Waals surface area contributed by atoms with Crippen molar-refractivity contribution < 1.29 is 24.0 Å². The third-order valence-corrected chi connectivity index (χ3v) is 6.36. The van der Waals surface area contributed by atoms with Crippen LogP contribution < -0.4 is 14.4 Å². The molecule has 10 heteroatoms. The highest BCUT2D eigenvalue weighted by atomic mass is 16.6. The fraction of sp³-hybridized carbons (Fsp3) is 0.417. The van der Waals surface area contributed by atoms with Crippen LogP contribution >= 0.6 is 0 Å². The Morgan fingerprint density at radius 3 is 2.09 bits per heavy atom. The van der Waals surface area contributed by atoms with Crippen LogP contribution in [0.1, 0.15) is 33.6 Å². The third kappa shape index (κ3) is 4.61. The van der Waals surface area contributed by atoms with E-state index in [4.69, 9.17) is 9.47 Å². The smallest absolute Gasteiger partial charge is 0.293 e. The molecule has 10 nitrogen and oxygen atoms in total. The first kappa shape index (κ1) is 23.3. The number of hydrogen-bond donors (Lipinski definition) is 0. The van der Waals surface area contributed by atoms with Gasteiger partial charge in [0.1, 0.15) is 17.2 Å². The fourth-order valence-corrected chi connectivity index (χ4v) is 4.47. The average Bonchev–Trinajstić information content (AvgIpc) is 3.42. The van der Waals surface area contributed by atoms with Crippen molar-refractivity contribution in [1.82, 2.24) is 9.80 Å². The molecule has 2 fully saturated rings. The van der Waals surface area contributed by atoms with Crippen molar-refractivity contribution in [2.45, 2.75) is 12.8 Å². The summed E-state index contributed by atoms with van der Waals surface area (Å²) >= 11 is 0. The minimum atomic E-state index is -0.427.